The number of hydrogen-bond donors (Lipinski definition) is 5. The summed E-state index contributed by atoms with van der Waals surface area (Å²) < 4.78 is 5.11. The Bertz CT molecular complexity index is 475. The van der Waals surface area contributed by atoms with E-state index in [4.69, 9.17) is 9.99 Å². The predicted molar refractivity (Wildman–Crippen MR) is 96.2 cm³/mol. The lowest BCUT2D eigenvalue weighted by Crippen LogP contribution is -2.22. The van der Waals surface area contributed by atoms with Gasteiger partial charge in [0.2, 0.25) is 0 Å². The van der Waals surface area contributed by atoms with Crippen molar-refractivity contribution in [3.63, 3.8) is 0 Å². The van der Waals surface area contributed by atoms with Crippen LogP contribution in [0.15, 0.2) is 23.7 Å². The first kappa shape index (κ1) is 25.4. The van der Waals surface area contributed by atoms with Gasteiger partial charge in [0.05, 0.1) is 30.7 Å². The van der Waals surface area contributed by atoms with Gasteiger partial charge in [0, 0.05) is 6.42 Å². The Morgan fingerprint density at radius 1 is 0.889 bits per heavy atom. The monoisotopic (exact) mass is 392 g/mol. The van der Waals surface area contributed by atoms with Crippen molar-refractivity contribution in [3.8, 4) is 0 Å². The maximum Gasteiger partial charge on any atom is 0.308 e. The van der Waals surface area contributed by atoms with Gasteiger partial charge in [-0.05, 0) is 31.4 Å². The van der Waals surface area contributed by atoms with Crippen LogP contribution in [0.1, 0.15) is 52.9 Å². The van der Waals surface area contributed by atoms with Gasteiger partial charge < -0.3 is 29.8 Å². The number of hydrogen-bond acceptors (Lipinski definition) is 9. The van der Waals surface area contributed by atoms with Crippen LogP contribution in [0.5, 0.6) is 0 Å². The first-order chi connectivity index (χ1) is 12.8. The van der Waals surface area contributed by atoms with Crippen molar-refractivity contribution in [2.75, 3.05) is 6.61 Å². The van der Waals surface area contributed by atoms with Crippen molar-refractivity contribution in [1.82, 2.24) is 0 Å². The highest BCUT2D eigenvalue weighted by Crippen LogP contribution is 2.23. The molecule has 9 nitrogen and oxygen atoms in total. The van der Waals surface area contributed by atoms with E-state index >= 15 is 0 Å². The maximum atomic E-state index is 11.8. The van der Waals surface area contributed by atoms with E-state index in [1.165, 1.54) is 12.2 Å². The smallest absolute Gasteiger partial charge is 0.308 e. The molecule has 0 bridgehead atoms. The van der Waals surface area contributed by atoms with Crippen molar-refractivity contribution in [1.29, 1.82) is 0 Å². The van der Waals surface area contributed by atoms with Crippen LogP contribution in [-0.2, 0) is 19.3 Å². The highest BCUT2D eigenvalue weighted by atomic mass is 17.1. The van der Waals surface area contributed by atoms with Crippen LogP contribution in [0.2, 0.25) is 0 Å². The van der Waals surface area contributed by atoms with E-state index in [0.717, 1.165) is 0 Å². The molecule has 0 amide bonds. The molecule has 4 unspecified atom stereocenters. The molecule has 0 saturated heterocycles. The molecule has 0 rings (SSSR count). The number of carbonyl (C=O) groups is 1. The fourth-order valence-electron chi connectivity index (χ4n) is 2.09. The van der Waals surface area contributed by atoms with E-state index in [0.29, 0.717) is 19.3 Å². The number of aliphatic hydroxyl groups excluding tert-OH is 3. The first-order valence-corrected chi connectivity index (χ1v) is 9.06. The third-order valence-corrected chi connectivity index (χ3v) is 3.96. The molecule has 0 saturated carbocycles. The Kier molecular flexibility index (Phi) is 13.5. The van der Waals surface area contributed by atoms with Gasteiger partial charge in [0.1, 0.15) is 18.1 Å². The molecule has 0 radical (unpaired) electrons. The lowest BCUT2D eigenvalue weighted by atomic mass is 10.00. The van der Waals surface area contributed by atoms with Crippen LogP contribution >= 0.6 is 0 Å². The summed E-state index contributed by atoms with van der Waals surface area (Å²) in [7, 11) is 0. The highest BCUT2D eigenvalue weighted by molar-refractivity contribution is 5.69. The fourth-order valence-corrected chi connectivity index (χ4v) is 2.09. The van der Waals surface area contributed by atoms with Crippen LogP contribution in [0.4, 0.5) is 0 Å². The second kappa shape index (κ2) is 14.4. The lowest BCUT2D eigenvalue weighted by molar-refractivity contribution is -0.222. The molecule has 0 aromatic carbocycles. The molecule has 0 heterocycles. The zero-order chi connectivity index (χ0) is 20.8. The van der Waals surface area contributed by atoms with E-state index in [-0.39, 0.29) is 31.0 Å². The molecule has 0 aromatic rings. The van der Waals surface area contributed by atoms with Gasteiger partial charge in [-0.15, -0.1) is 0 Å². The molecule has 158 valence electrons. The fraction of sp³-hybridized carbons (Fsp3) is 0.722. The van der Waals surface area contributed by atoms with E-state index in [2.05, 4.69) is 9.78 Å². The van der Waals surface area contributed by atoms with Crippen molar-refractivity contribution in [2.45, 2.75) is 71.2 Å². The maximum absolute atomic E-state index is 11.8. The quantitative estimate of drug-likeness (QED) is 0.130. The Labute approximate surface area is 159 Å². The molecule has 0 aliphatic heterocycles. The van der Waals surface area contributed by atoms with Crippen molar-refractivity contribution in [2.24, 2.45) is 5.92 Å². The van der Waals surface area contributed by atoms with Crippen LogP contribution in [0.3, 0.4) is 0 Å². The van der Waals surface area contributed by atoms with Crippen LogP contribution < -0.4 is 0 Å². The molecule has 0 fully saturated rings. The molecular formula is C18H32O9. The van der Waals surface area contributed by atoms with E-state index in [1.54, 1.807) is 20.8 Å². The van der Waals surface area contributed by atoms with Gasteiger partial charge >= 0.3 is 5.97 Å². The summed E-state index contributed by atoms with van der Waals surface area (Å²) in [6, 6.07) is 0. The number of carbonyl (C=O) groups excluding carboxylic acids is 1. The van der Waals surface area contributed by atoms with Crippen LogP contribution in [0, 0.1) is 5.92 Å². The molecule has 0 aliphatic rings. The first-order valence-electron chi connectivity index (χ1n) is 9.06. The Morgan fingerprint density at radius 2 is 1.48 bits per heavy atom. The van der Waals surface area contributed by atoms with Gasteiger partial charge in [0.15, 0.2) is 0 Å². The van der Waals surface area contributed by atoms with Gasteiger partial charge in [-0.2, -0.15) is 0 Å². The number of rotatable bonds is 14. The Hall–Kier alpha value is -1.65. The molecule has 4 atom stereocenters. The normalized spacial score (nSPS) is 17.0. The summed E-state index contributed by atoms with van der Waals surface area (Å²) in [5.74, 6) is -1.55. The number of esters is 1. The highest BCUT2D eigenvalue weighted by Gasteiger charge is 2.24. The number of allylic oxidation sites excluding steroid dienone is 1. The minimum absolute atomic E-state index is 0.0204. The van der Waals surface area contributed by atoms with Crippen LogP contribution in [-0.4, -0.2) is 56.7 Å². The zero-order valence-corrected chi connectivity index (χ0v) is 16.1. The minimum Gasteiger partial charge on any atom is -0.465 e. The molecular weight excluding hydrogens is 360 g/mol. The minimum atomic E-state index is -0.907. The molecule has 0 aliphatic carbocycles. The molecule has 0 spiro atoms. The number of ether oxygens (including phenoxy) is 1. The second-order valence-electron chi connectivity index (χ2n) is 6.19. The van der Waals surface area contributed by atoms with Gasteiger partial charge in [0.25, 0.3) is 0 Å². The summed E-state index contributed by atoms with van der Waals surface area (Å²) in [4.78, 5) is 20.4. The van der Waals surface area contributed by atoms with E-state index in [1.807, 2.05) is 0 Å². The largest absolute Gasteiger partial charge is 0.465 e. The van der Waals surface area contributed by atoms with Gasteiger partial charge in [-0.1, -0.05) is 20.8 Å². The summed E-state index contributed by atoms with van der Waals surface area (Å²) in [5.41, 5.74) is 0. The summed E-state index contributed by atoms with van der Waals surface area (Å²) >= 11 is 0. The van der Waals surface area contributed by atoms with Gasteiger partial charge in [-0.3, -0.25) is 4.79 Å². The summed E-state index contributed by atoms with van der Waals surface area (Å²) in [5, 5.41) is 47.2. The molecule has 9 heteroatoms. The summed E-state index contributed by atoms with van der Waals surface area (Å²) in [6.07, 6.45) is 0.809. The second-order valence-corrected chi connectivity index (χ2v) is 6.19. The van der Waals surface area contributed by atoms with Crippen molar-refractivity contribution >= 4 is 5.97 Å². The topological polar surface area (TPSA) is 146 Å². The third-order valence-electron chi connectivity index (χ3n) is 3.96. The zero-order valence-electron chi connectivity index (χ0n) is 16.1. The lowest BCUT2D eigenvalue weighted by Gasteiger charge is -2.20. The number of aliphatic hydroxyl groups is 3. The summed E-state index contributed by atoms with van der Waals surface area (Å²) in [6.45, 7) is 4.91. The SMILES string of the molecule is CCC(O)/C=C(\CC(COC(=O)CC(O)CC)/C(=C\C(O)CC)OO)OO. The Morgan fingerprint density at radius 3 is 1.96 bits per heavy atom. The van der Waals surface area contributed by atoms with Crippen LogP contribution in [0.25, 0.3) is 0 Å². The van der Waals surface area contributed by atoms with E-state index in [9.17, 15) is 25.4 Å². The third kappa shape index (κ3) is 10.9. The molecule has 27 heavy (non-hydrogen) atoms. The Balaban J connectivity index is 5.33. The van der Waals surface area contributed by atoms with Gasteiger partial charge in [-0.25, -0.2) is 10.5 Å². The average Bonchev–Trinajstić information content (AvgIpc) is 2.67. The standard InChI is InChI=1S/C18H32O9/c1-4-13(19)8-16(26-23)7-12(17(27-24)9-14(20)5-2)11-25-18(22)10-15(21)6-3/h8-9,12-15,19-21,23-24H,4-7,10-11H2,1-3H3/b16-8+,17-9+. The molecule has 5 N–H and O–H groups in total. The van der Waals surface area contributed by atoms with Crippen molar-refractivity contribution in [3.05, 3.63) is 23.7 Å². The van der Waals surface area contributed by atoms with E-state index < -0.39 is 30.2 Å². The van der Waals surface area contributed by atoms with Crippen molar-refractivity contribution < 1.29 is 45.1 Å². The average molecular weight is 392 g/mol. The predicted octanol–water partition coefficient (Wildman–Crippen LogP) is 1.99. The molecule has 0 aromatic heterocycles.